The zero-order chi connectivity index (χ0) is 13.2. The van der Waals surface area contributed by atoms with Crippen molar-refractivity contribution in [1.29, 1.82) is 0 Å². The maximum atomic E-state index is 11.7. The SMILES string of the molecule is O=C(CC1CCS(=O)(=O)C1)Nc1cccc(O)c1. The van der Waals surface area contributed by atoms with Crippen LogP contribution < -0.4 is 5.32 Å². The molecule has 2 N–H and O–H groups in total. The first-order valence-electron chi connectivity index (χ1n) is 5.74. The molecule has 1 atom stereocenters. The third-order valence-electron chi connectivity index (χ3n) is 2.93. The van der Waals surface area contributed by atoms with Crippen LogP contribution in [0.5, 0.6) is 5.75 Å². The van der Waals surface area contributed by atoms with E-state index in [0.717, 1.165) is 0 Å². The second-order valence-corrected chi connectivity index (χ2v) is 6.80. The predicted octanol–water partition coefficient (Wildman–Crippen LogP) is 1.16. The molecule has 1 amide bonds. The van der Waals surface area contributed by atoms with Gasteiger partial charge in [-0.25, -0.2) is 8.42 Å². The van der Waals surface area contributed by atoms with Crippen molar-refractivity contribution in [2.24, 2.45) is 5.92 Å². The first kappa shape index (κ1) is 12.9. The first-order valence-corrected chi connectivity index (χ1v) is 7.56. The number of hydrogen-bond acceptors (Lipinski definition) is 4. The lowest BCUT2D eigenvalue weighted by Crippen LogP contribution is -2.17. The summed E-state index contributed by atoms with van der Waals surface area (Å²) in [5, 5.41) is 11.9. The third kappa shape index (κ3) is 3.46. The molecule has 6 heteroatoms. The molecule has 1 saturated heterocycles. The number of nitrogens with one attached hydrogen (secondary N) is 1. The van der Waals surface area contributed by atoms with Gasteiger partial charge in [-0.15, -0.1) is 0 Å². The van der Waals surface area contributed by atoms with Gasteiger partial charge in [-0.1, -0.05) is 6.07 Å². The van der Waals surface area contributed by atoms with Gasteiger partial charge in [0.1, 0.15) is 5.75 Å². The van der Waals surface area contributed by atoms with Crippen LogP contribution in [0.4, 0.5) is 5.69 Å². The highest BCUT2D eigenvalue weighted by Gasteiger charge is 2.29. The van der Waals surface area contributed by atoms with Crippen LogP contribution in [0.2, 0.25) is 0 Å². The molecule has 0 radical (unpaired) electrons. The van der Waals surface area contributed by atoms with Gasteiger partial charge in [-0.3, -0.25) is 4.79 Å². The molecule has 18 heavy (non-hydrogen) atoms. The number of aromatic hydroxyl groups is 1. The van der Waals surface area contributed by atoms with Crippen molar-refractivity contribution in [3.05, 3.63) is 24.3 Å². The molecule has 1 unspecified atom stereocenters. The monoisotopic (exact) mass is 269 g/mol. The summed E-state index contributed by atoms with van der Waals surface area (Å²) in [7, 11) is -2.94. The fourth-order valence-electron chi connectivity index (χ4n) is 2.09. The molecular formula is C12H15NO4S. The van der Waals surface area contributed by atoms with E-state index < -0.39 is 9.84 Å². The molecule has 0 aromatic heterocycles. The standard InChI is InChI=1S/C12H15NO4S/c14-11-3-1-2-10(7-11)13-12(15)6-9-4-5-18(16,17)8-9/h1-3,7,9,14H,4-6,8H2,(H,13,15). The highest BCUT2D eigenvalue weighted by Crippen LogP contribution is 2.22. The minimum atomic E-state index is -2.94. The minimum absolute atomic E-state index is 0.0799. The molecule has 1 aromatic rings. The molecule has 0 bridgehead atoms. The van der Waals surface area contributed by atoms with Crippen LogP contribution in [-0.2, 0) is 14.6 Å². The highest BCUT2D eigenvalue weighted by molar-refractivity contribution is 7.91. The van der Waals surface area contributed by atoms with Crippen LogP contribution in [0, 0.1) is 5.92 Å². The molecule has 2 rings (SSSR count). The minimum Gasteiger partial charge on any atom is -0.508 e. The molecule has 5 nitrogen and oxygen atoms in total. The van der Waals surface area contributed by atoms with Gasteiger partial charge in [0.2, 0.25) is 5.91 Å². The number of benzene rings is 1. The summed E-state index contributed by atoms with van der Waals surface area (Å²) in [6.07, 6.45) is 0.755. The molecule has 98 valence electrons. The van der Waals surface area contributed by atoms with Crippen molar-refractivity contribution in [3.63, 3.8) is 0 Å². The van der Waals surface area contributed by atoms with Crippen LogP contribution in [0.3, 0.4) is 0 Å². The van der Waals surface area contributed by atoms with E-state index >= 15 is 0 Å². The fraction of sp³-hybridized carbons (Fsp3) is 0.417. The molecule has 1 heterocycles. The van der Waals surface area contributed by atoms with E-state index in [9.17, 15) is 18.3 Å². The van der Waals surface area contributed by atoms with Crippen LogP contribution in [-0.4, -0.2) is 30.9 Å². The maximum Gasteiger partial charge on any atom is 0.224 e. The van der Waals surface area contributed by atoms with E-state index in [1.807, 2.05) is 0 Å². The smallest absolute Gasteiger partial charge is 0.224 e. The number of anilines is 1. The highest BCUT2D eigenvalue weighted by atomic mass is 32.2. The second-order valence-electron chi connectivity index (χ2n) is 4.57. The van der Waals surface area contributed by atoms with Crippen molar-refractivity contribution in [2.75, 3.05) is 16.8 Å². The number of sulfone groups is 1. The van der Waals surface area contributed by atoms with E-state index in [1.165, 1.54) is 12.1 Å². The summed E-state index contributed by atoms with van der Waals surface area (Å²) in [6.45, 7) is 0. The number of carbonyl (C=O) groups is 1. The summed E-state index contributed by atoms with van der Waals surface area (Å²) in [5.74, 6) is 0.0450. The van der Waals surface area contributed by atoms with Crippen LogP contribution in [0.15, 0.2) is 24.3 Å². The quantitative estimate of drug-likeness (QED) is 0.862. The topological polar surface area (TPSA) is 83.5 Å². The third-order valence-corrected chi connectivity index (χ3v) is 4.77. The summed E-state index contributed by atoms with van der Waals surface area (Å²) in [5.41, 5.74) is 0.515. The lowest BCUT2D eigenvalue weighted by molar-refractivity contribution is -0.116. The van der Waals surface area contributed by atoms with E-state index in [1.54, 1.807) is 12.1 Å². The second kappa shape index (κ2) is 4.97. The Morgan fingerprint density at radius 2 is 2.22 bits per heavy atom. The number of amides is 1. The lowest BCUT2D eigenvalue weighted by atomic mass is 10.1. The summed E-state index contributed by atoms with van der Waals surface area (Å²) >= 11 is 0. The predicted molar refractivity (Wildman–Crippen MR) is 68.1 cm³/mol. The molecule has 0 saturated carbocycles. The molecule has 1 aliphatic rings. The average Bonchev–Trinajstić information content (AvgIpc) is 2.57. The normalized spacial score (nSPS) is 21.7. The van der Waals surface area contributed by atoms with Gasteiger partial charge in [0.15, 0.2) is 9.84 Å². The molecule has 0 spiro atoms. The van der Waals surface area contributed by atoms with Gasteiger partial charge in [0.25, 0.3) is 0 Å². The van der Waals surface area contributed by atoms with Crippen molar-refractivity contribution >= 4 is 21.4 Å². The fourth-order valence-corrected chi connectivity index (χ4v) is 3.95. The molecule has 1 fully saturated rings. The van der Waals surface area contributed by atoms with Crippen molar-refractivity contribution in [3.8, 4) is 5.75 Å². The van der Waals surface area contributed by atoms with Crippen LogP contribution in [0.1, 0.15) is 12.8 Å². The lowest BCUT2D eigenvalue weighted by Gasteiger charge is -2.08. The van der Waals surface area contributed by atoms with Crippen molar-refractivity contribution in [1.82, 2.24) is 0 Å². The van der Waals surface area contributed by atoms with E-state index in [4.69, 9.17) is 0 Å². The Bertz CT molecular complexity index is 553. The van der Waals surface area contributed by atoms with Gasteiger partial charge in [-0.05, 0) is 24.5 Å². The van der Waals surface area contributed by atoms with E-state index in [0.29, 0.717) is 12.1 Å². The number of carbonyl (C=O) groups excluding carboxylic acids is 1. The summed E-state index contributed by atoms with van der Waals surface area (Å²) in [4.78, 5) is 11.7. The molecule has 1 aromatic carbocycles. The largest absolute Gasteiger partial charge is 0.508 e. The first-order chi connectivity index (χ1) is 8.44. The number of rotatable bonds is 3. The number of phenolic OH excluding ortho intramolecular Hbond substituents is 1. The summed E-state index contributed by atoms with van der Waals surface area (Å²) < 4.78 is 22.5. The Morgan fingerprint density at radius 3 is 2.83 bits per heavy atom. The van der Waals surface area contributed by atoms with Crippen LogP contribution in [0.25, 0.3) is 0 Å². The van der Waals surface area contributed by atoms with E-state index in [2.05, 4.69) is 5.32 Å². The van der Waals surface area contributed by atoms with Gasteiger partial charge >= 0.3 is 0 Å². The Morgan fingerprint density at radius 1 is 1.44 bits per heavy atom. The van der Waals surface area contributed by atoms with E-state index in [-0.39, 0.29) is 35.5 Å². The Kier molecular flexibility index (Phi) is 3.56. The maximum absolute atomic E-state index is 11.7. The number of hydrogen-bond donors (Lipinski definition) is 2. The van der Waals surface area contributed by atoms with Gasteiger partial charge in [-0.2, -0.15) is 0 Å². The Hall–Kier alpha value is -1.56. The van der Waals surface area contributed by atoms with Gasteiger partial charge in [0, 0.05) is 18.2 Å². The zero-order valence-electron chi connectivity index (χ0n) is 9.80. The van der Waals surface area contributed by atoms with Crippen molar-refractivity contribution < 1.29 is 18.3 Å². The Balaban J connectivity index is 1.90. The van der Waals surface area contributed by atoms with Gasteiger partial charge in [0.05, 0.1) is 11.5 Å². The van der Waals surface area contributed by atoms with Gasteiger partial charge < -0.3 is 10.4 Å². The number of phenols is 1. The summed E-state index contributed by atoms with van der Waals surface area (Å²) in [6, 6.07) is 6.26. The zero-order valence-corrected chi connectivity index (χ0v) is 10.6. The molecular weight excluding hydrogens is 254 g/mol. The molecule has 1 aliphatic heterocycles. The Labute approximate surface area is 106 Å². The average molecular weight is 269 g/mol. The van der Waals surface area contributed by atoms with Crippen LogP contribution >= 0.6 is 0 Å². The van der Waals surface area contributed by atoms with Crippen molar-refractivity contribution in [2.45, 2.75) is 12.8 Å². The molecule has 0 aliphatic carbocycles.